The molecule has 1 unspecified atom stereocenters. The molecule has 0 spiro atoms. The molecule has 1 atom stereocenters. The van der Waals surface area contributed by atoms with Gasteiger partial charge >= 0.3 is 0 Å². The van der Waals surface area contributed by atoms with Crippen molar-refractivity contribution in [1.29, 1.82) is 0 Å². The molecule has 1 aliphatic heterocycles. The van der Waals surface area contributed by atoms with E-state index in [2.05, 4.69) is 11.9 Å². The van der Waals surface area contributed by atoms with E-state index in [1.165, 1.54) is 0 Å². The molecule has 0 bridgehead atoms. The Morgan fingerprint density at radius 1 is 1.33 bits per heavy atom. The normalized spacial score (nSPS) is 20.8. The summed E-state index contributed by atoms with van der Waals surface area (Å²) in [5.41, 5.74) is 0. The lowest BCUT2D eigenvalue weighted by Crippen LogP contribution is -2.31. The minimum absolute atomic E-state index is 0.0206. The fourth-order valence-electron chi connectivity index (χ4n) is 1.55. The number of ether oxygens (including phenoxy) is 2. The van der Waals surface area contributed by atoms with Crippen LogP contribution in [0.25, 0.3) is 0 Å². The van der Waals surface area contributed by atoms with Crippen LogP contribution in [-0.2, 0) is 9.47 Å². The van der Waals surface area contributed by atoms with Gasteiger partial charge in [-0.25, -0.2) is 0 Å². The lowest BCUT2D eigenvalue weighted by Gasteiger charge is -2.25. The molecule has 1 rings (SSSR count). The van der Waals surface area contributed by atoms with E-state index in [0.717, 1.165) is 45.6 Å². The number of rotatable bonds is 6. The summed E-state index contributed by atoms with van der Waals surface area (Å²) in [5, 5.41) is 9.14. The number of nitrogens with zero attached hydrogens (tertiary/aromatic N) is 1. The standard InChI is InChI=1S/C11H23NO3/c1-10(13)4-6-12(2)7-5-11-14-8-3-9-15-11/h10-11,13H,3-9H2,1-2H3. The molecule has 1 heterocycles. The first-order valence-electron chi connectivity index (χ1n) is 5.78. The highest BCUT2D eigenvalue weighted by Crippen LogP contribution is 2.09. The Morgan fingerprint density at radius 2 is 2.00 bits per heavy atom. The number of hydrogen-bond donors (Lipinski definition) is 1. The van der Waals surface area contributed by atoms with Gasteiger partial charge in [-0.15, -0.1) is 0 Å². The van der Waals surface area contributed by atoms with Crippen LogP contribution < -0.4 is 0 Å². The number of aliphatic hydroxyl groups is 1. The Labute approximate surface area is 92.2 Å². The van der Waals surface area contributed by atoms with Crippen LogP contribution in [0.5, 0.6) is 0 Å². The van der Waals surface area contributed by atoms with E-state index in [1.807, 2.05) is 6.92 Å². The highest BCUT2D eigenvalue weighted by atomic mass is 16.7. The average molecular weight is 217 g/mol. The predicted molar refractivity (Wildman–Crippen MR) is 58.7 cm³/mol. The maximum Gasteiger partial charge on any atom is 0.158 e. The molecule has 4 nitrogen and oxygen atoms in total. The molecular formula is C11H23NO3. The first-order chi connectivity index (χ1) is 7.18. The van der Waals surface area contributed by atoms with Crippen molar-refractivity contribution in [3.63, 3.8) is 0 Å². The summed E-state index contributed by atoms with van der Waals surface area (Å²) >= 11 is 0. The van der Waals surface area contributed by atoms with Gasteiger partial charge in [-0.05, 0) is 26.8 Å². The molecule has 0 amide bonds. The predicted octanol–water partition coefficient (Wildman–Crippen LogP) is 0.842. The Hall–Kier alpha value is -0.160. The van der Waals surface area contributed by atoms with Crippen LogP contribution in [0.2, 0.25) is 0 Å². The fraction of sp³-hybridized carbons (Fsp3) is 1.00. The molecule has 90 valence electrons. The summed E-state index contributed by atoms with van der Waals surface area (Å²) in [6, 6.07) is 0. The van der Waals surface area contributed by atoms with E-state index in [0.29, 0.717) is 0 Å². The maximum atomic E-state index is 9.14. The molecule has 0 aliphatic carbocycles. The summed E-state index contributed by atoms with van der Waals surface area (Å²) in [4.78, 5) is 2.20. The zero-order chi connectivity index (χ0) is 11.1. The Morgan fingerprint density at radius 3 is 2.60 bits per heavy atom. The van der Waals surface area contributed by atoms with E-state index in [1.54, 1.807) is 0 Å². The van der Waals surface area contributed by atoms with Crippen LogP contribution in [0.1, 0.15) is 26.2 Å². The van der Waals surface area contributed by atoms with Crippen molar-refractivity contribution >= 4 is 0 Å². The second-order valence-corrected chi connectivity index (χ2v) is 4.25. The minimum atomic E-state index is -0.213. The van der Waals surface area contributed by atoms with E-state index in [4.69, 9.17) is 14.6 Å². The van der Waals surface area contributed by atoms with Gasteiger partial charge in [-0.3, -0.25) is 0 Å². The SMILES string of the molecule is CC(O)CCN(C)CCC1OCCCO1. The molecule has 0 aromatic heterocycles. The minimum Gasteiger partial charge on any atom is -0.393 e. The zero-order valence-corrected chi connectivity index (χ0v) is 9.82. The van der Waals surface area contributed by atoms with Crippen LogP contribution in [0.3, 0.4) is 0 Å². The largest absolute Gasteiger partial charge is 0.393 e. The zero-order valence-electron chi connectivity index (χ0n) is 9.82. The van der Waals surface area contributed by atoms with Crippen molar-refractivity contribution in [3.8, 4) is 0 Å². The van der Waals surface area contributed by atoms with Crippen molar-refractivity contribution in [3.05, 3.63) is 0 Å². The van der Waals surface area contributed by atoms with Gasteiger partial charge in [0.1, 0.15) is 0 Å². The molecule has 1 fully saturated rings. The molecule has 4 heteroatoms. The monoisotopic (exact) mass is 217 g/mol. The first-order valence-corrected chi connectivity index (χ1v) is 5.78. The second kappa shape index (κ2) is 7.17. The summed E-state index contributed by atoms with van der Waals surface area (Å²) in [6.45, 7) is 5.34. The van der Waals surface area contributed by atoms with Gasteiger partial charge in [-0.1, -0.05) is 0 Å². The van der Waals surface area contributed by atoms with Crippen molar-refractivity contribution in [2.45, 2.75) is 38.6 Å². The van der Waals surface area contributed by atoms with Gasteiger partial charge in [0.25, 0.3) is 0 Å². The van der Waals surface area contributed by atoms with Gasteiger partial charge in [-0.2, -0.15) is 0 Å². The van der Waals surface area contributed by atoms with E-state index >= 15 is 0 Å². The molecule has 1 N–H and O–H groups in total. The third-order valence-electron chi connectivity index (χ3n) is 2.57. The summed E-state index contributed by atoms with van der Waals surface area (Å²) < 4.78 is 10.9. The van der Waals surface area contributed by atoms with Crippen LogP contribution in [0.4, 0.5) is 0 Å². The van der Waals surface area contributed by atoms with Crippen LogP contribution in [-0.4, -0.2) is 55.8 Å². The Balaban J connectivity index is 2.02. The molecular weight excluding hydrogens is 194 g/mol. The molecule has 0 aromatic rings. The third kappa shape index (κ3) is 6.10. The van der Waals surface area contributed by atoms with E-state index in [-0.39, 0.29) is 12.4 Å². The van der Waals surface area contributed by atoms with Crippen LogP contribution in [0, 0.1) is 0 Å². The lowest BCUT2D eigenvalue weighted by molar-refractivity contribution is -0.182. The van der Waals surface area contributed by atoms with Crippen molar-refractivity contribution < 1.29 is 14.6 Å². The van der Waals surface area contributed by atoms with Gasteiger partial charge in [0.15, 0.2) is 6.29 Å². The number of aliphatic hydroxyl groups excluding tert-OH is 1. The van der Waals surface area contributed by atoms with E-state index < -0.39 is 0 Å². The quantitative estimate of drug-likeness (QED) is 0.716. The molecule has 0 saturated carbocycles. The smallest absolute Gasteiger partial charge is 0.158 e. The molecule has 0 radical (unpaired) electrons. The van der Waals surface area contributed by atoms with Crippen LogP contribution in [0.15, 0.2) is 0 Å². The van der Waals surface area contributed by atoms with Gasteiger partial charge < -0.3 is 19.5 Å². The summed E-state index contributed by atoms with van der Waals surface area (Å²) in [7, 11) is 2.06. The van der Waals surface area contributed by atoms with Gasteiger partial charge in [0.2, 0.25) is 0 Å². The fourth-order valence-corrected chi connectivity index (χ4v) is 1.55. The molecule has 1 saturated heterocycles. The molecule has 15 heavy (non-hydrogen) atoms. The first kappa shape index (κ1) is 12.9. The Kier molecular flexibility index (Phi) is 6.17. The van der Waals surface area contributed by atoms with E-state index in [9.17, 15) is 0 Å². The Bertz CT molecular complexity index is 158. The summed E-state index contributed by atoms with van der Waals surface area (Å²) in [6.07, 6.45) is 2.51. The average Bonchev–Trinajstić information content (AvgIpc) is 2.25. The number of hydrogen-bond acceptors (Lipinski definition) is 4. The summed E-state index contributed by atoms with van der Waals surface area (Å²) in [5.74, 6) is 0. The van der Waals surface area contributed by atoms with Gasteiger partial charge in [0, 0.05) is 19.5 Å². The lowest BCUT2D eigenvalue weighted by atomic mass is 10.2. The topological polar surface area (TPSA) is 41.9 Å². The highest BCUT2D eigenvalue weighted by molar-refractivity contribution is 4.58. The van der Waals surface area contributed by atoms with Crippen molar-refractivity contribution in [2.24, 2.45) is 0 Å². The molecule has 0 aromatic carbocycles. The third-order valence-corrected chi connectivity index (χ3v) is 2.57. The molecule has 1 aliphatic rings. The second-order valence-electron chi connectivity index (χ2n) is 4.25. The maximum absolute atomic E-state index is 9.14. The van der Waals surface area contributed by atoms with Crippen LogP contribution >= 0.6 is 0 Å². The van der Waals surface area contributed by atoms with Crippen molar-refractivity contribution in [2.75, 3.05) is 33.4 Å². The highest BCUT2D eigenvalue weighted by Gasteiger charge is 2.14. The van der Waals surface area contributed by atoms with Gasteiger partial charge in [0.05, 0.1) is 19.3 Å². The van der Waals surface area contributed by atoms with Crippen molar-refractivity contribution in [1.82, 2.24) is 4.90 Å².